The Labute approximate surface area is 118 Å². The highest BCUT2D eigenvalue weighted by Crippen LogP contribution is 2.28. The molecule has 0 aliphatic heterocycles. The Hall–Kier alpha value is -1.27. The van der Waals surface area contributed by atoms with Gasteiger partial charge in [-0.25, -0.2) is 23.7 Å². The van der Waals surface area contributed by atoms with E-state index >= 15 is 0 Å². The van der Waals surface area contributed by atoms with Gasteiger partial charge in [0.05, 0.1) is 10.9 Å². The molecule has 0 saturated heterocycles. The van der Waals surface area contributed by atoms with Crippen LogP contribution in [0.2, 0.25) is 10.4 Å². The molecule has 4 nitrogen and oxygen atoms in total. The van der Waals surface area contributed by atoms with Crippen LogP contribution in [-0.4, -0.2) is 27.2 Å². The second kappa shape index (κ2) is 5.02. The van der Waals surface area contributed by atoms with E-state index in [0.29, 0.717) is 0 Å². The summed E-state index contributed by atoms with van der Waals surface area (Å²) < 4.78 is 26.7. The van der Waals surface area contributed by atoms with Crippen molar-refractivity contribution in [2.75, 3.05) is 12.0 Å². The molecule has 0 unspecified atom stereocenters. The van der Waals surface area contributed by atoms with Crippen LogP contribution in [0.4, 0.5) is 14.6 Å². The fourth-order valence-corrected chi connectivity index (χ4v) is 1.76. The fraction of sp³-hybridized carbons (Fsp3) is 0.364. The summed E-state index contributed by atoms with van der Waals surface area (Å²) in [4.78, 5) is 11.4. The molecule has 19 heavy (non-hydrogen) atoms. The maximum absolute atomic E-state index is 13.8. The molecule has 0 spiro atoms. The minimum atomic E-state index is -0.874. The highest BCUT2D eigenvalue weighted by Gasteiger charge is 2.21. The van der Waals surface area contributed by atoms with E-state index in [1.807, 2.05) is 0 Å². The lowest BCUT2D eigenvalue weighted by Gasteiger charge is -2.23. The number of anilines is 1. The number of rotatable bonds is 3. The monoisotopic (exact) mass is 306 g/mol. The van der Waals surface area contributed by atoms with Crippen LogP contribution in [0.5, 0.6) is 0 Å². The van der Waals surface area contributed by atoms with E-state index in [9.17, 15) is 8.78 Å². The van der Waals surface area contributed by atoms with Gasteiger partial charge in [0.15, 0.2) is 11.0 Å². The van der Waals surface area contributed by atoms with E-state index in [1.54, 1.807) is 13.8 Å². The minimum absolute atomic E-state index is 0.0582. The molecule has 0 saturated carbocycles. The minimum Gasteiger partial charge on any atom is -0.362 e. The van der Waals surface area contributed by atoms with E-state index in [0.717, 1.165) is 0 Å². The fourth-order valence-electron chi connectivity index (χ4n) is 1.46. The lowest BCUT2D eigenvalue weighted by Crippen LogP contribution is -2.33. The van der Waals surface area contributed by atoms with Crippen molar-refractivity contribution in [3.63, 3.8) is 0 Å². The predicted octanol–water partition coefficient (Wildman–Crippen LogP) is 3.63. The summed E-state index contributed by atoms with van der Waals surface area (Å²) in [6, 6.07) is 0. The molecule has 102 valence electrons. The van der Waals surface area contributed by atoms with E-state index in [2.05, 4.69) is 20.3 Å². The number of hydrogen-bond donors (Lipinski definition) is 1. The Morgan fingerprint density at radius 1 is 1.32 bits per heavy atom. The molecule has 2 rings (SSSR count). The zero-order chi connectivity index (χ0) is 14.2. The van der Waals surface area contributed by atoms with Crippen LogP contribution in [0.15, 0.2) is 6.20 Å². The lowest BCUT2D eigenvalue weighted by atomic mass is 10.1. The third-order valence-corrected chi connectivity index (χ3v) is 2.84. The SMILES string of the molecule is CC(C)(CF)Nc1nc(Cl)nc2c(F)c(Cl)ncc12. The number of nitrogens with zero attached hydrogens (tertiary/aromatic N) is 3. The van der Waals surface area contributed by atoms with E-state index in [-0.39, 0.29) is 27.2 Å². The summed E-state index contributed by atoms with van der Waals surface area (Å²) in [5, 5.41) is 2.65. The average Bonchev–Trinajstić information content (AvgIpc) is 2.34. The first-order valence-corrected chi connectivity index (χ1v) is 6.11. The molecule has 2 heterocycles. The zero-order valence-electron chi connectivity index (χ0n) is 10.1. The number of pyridine rings is 1. The third kappa shape index (κ3) is 2.84. The first-order valence-electron chi connectivity index (χ1n) is 5.35. The van der Waals surface area contributed by atoms with Crippen LogP contribution in [0.25, 0.3) is 10.9 Å². The molecule has 1 N–H and O–H groups in total. The van der Waals surface area contributed by atoms with Gasteiger partial charge in [-0.3, -0.25) is 0 Å². The Bertz CT molecular complexity index is 634. The average molecular weight is 307 g/mol. The number of fused-ring (bicyclic) bond motifs is 1. The largest absolute Gasteiger partial charge is 0.362 e. The molecule has 0 amide bonds. The molecule has 0 aromatic carbocycles. The summed E-state index contributed by atoms with van der Waals surface area (Å²) in [6.45, 7) is 2.63. The molecule has 2 aromatic heterocycles. The molecule has 2 aromatic rings. The van der Waals surface area contributed by atoms with Crippen LogP contribution in [-0.2, 0) is 0 Å². The molecule has 0 radical (unpaired) electrons. The maximum Gasteiger partial charge on any atom is 0.225 e. The third-order valence-electron chi connectivity index (χ3n) is 2.41. The van der Waals surface area contributed by atoms with Crippen LogP contribution in [0, 0.1) is 5.82 Å². The summed E-state index contributed by atoms with van der Waals surface area (Å²) in [6.07, 6.45) is 1.31. The Morgan fingerprint density at radius 2 is 2.00 bits per heavy atom. The van der Waals surface area contributed by atoms with Crippen molar-refractivity contribution in [3.05, 3.63) is 22.5 Å². The van der Waals surface area contributed by atoms with Gasteiger partial charge in [-0.2, -0.15) is 0 Å². The number of alkyl halides is 1. The van der Waals surface area contributed by atoms with Crippen molar-refractivity contribution < 1.29 is 8.78 Å². The maximum atomic E-state index is 13.8. The van der Waals surface area contributed by atoms with Crippen molar-refractivity contribution in [1.82, 2.24) is 15.0 Å². The smallest absolute Gasteiger partial charge is 0.225 e. The highest BCUT2D eigenvalue weighted by molar-refractivity contribution is 6.30. The van der Waals surface area contributed by atoms with Crippen LogP contribution in [0.1, 0.15) is 13.8 Å². The van der Waals surface area contributed by atoms with E-state index < -0.39 is 18.0 Å². The van der Waals surface area contributed by atoms with Gasteiger partial charge in [0, 0.05) is 6.20 Å². The standard InChI is InChI=1S/C11H10Cl2F2N4/c1-11(2,4-14)19-9-5-3-16-8(12)6(15)7(5)17-10(13)18-9/h3H,4H2,1-2H3,(H,17,18,19). The van der Waals surface area contributed by atoms with Gasteiger partial charge < -0.3 is 5.32 Å². The van der Waals surface area contributed by atoms with Gasteiger partial charge in [-0.1, -0.05) is 11.6 Å². The van der Waals surface area contributed by atoms with Gasteiger partial charge >= 0.3 is 0 Å². The molecule has 0 aliphatic rings. The molecular formula is C11H10Cl2F2N4. The van der Waals surface area contributed by atoms with Gasteiger partial charge in [0.2, 0.25) is 5.28 Å². The normalized spacial score (nSPS) is 11.9. The lowest BCUT2D eigenvalue weighted by molar-refractivity contribution is 0.375. The van der Waals surface area contributed by atoms with E-state index in [4.69, 9.17) is 23.2 Å². The Balaban J connectivity index is 2.65. The van der Waals surface area contributed by atoms with E-state index in [1.165, 1.54) is 6.20 Å². The molecule has 0 aliphatic carbocycles. The summed E-state index contributed by atoms with van der Waals surface area (Å²) >= 11 is 11.3. The Morgan fingerprint density at radius 3 is 2.63 bits per heavy atom. The quantitative estimate of drug-likeness (QED) is 0.695. The van der Waals surface area contributed by atoms with Gasteiger partial charge in [-0.15, -0.1) is 0 Å². The van der Waals surface area contributed by atoms with Gasteiger partial charge in [-0.05, 0) is 25.4 Å². The molecule has 8 heteroatoms. The van der Waals surface area contributed by atoms with Crippen molar-refractivity contribution >= 4 is 39.9 Å². The number of aromatic nitrogens is 3. The van der Waals surface area contributed by atoms with Crippen molar-refractivity contribution in [2.24, 2.45) is 0 Å². The molecule has 0 atom stereocenters. The molecule has 0 fully saturated rings. The highest BCUT2D eigenvalue weighted by atomic mass is 35.5. The summed E-state index contributed by atoms with van der Waals surface area (Å²) in [7, 11) is 0. The first kappa shape index (κ1) is 14.1. The zero-order valence-corrected chi connectivity index (χ0v) is 11.6. The summed E-state index contributed by atoms with van der Waals surface area (Å²) in [5.74, 6) is -0.578. The summed E-state index contributed by atoms with van der Waals surface area (Å²) in [5.41, 5.74) is -0.932. The predicted molar refractivity (Wildman–Crippen MR) is 71.0 cm³/mol. The van der Waals surface area contributed by atoms with Gasteiger partial charge in [0.25, 0.3) is 0 Å². The van der Waals surface area contributed by atoms with Crippen molar-refractivity contribution in [3.8, 4) is 0 Å². The van der Waals surface area contributed by atoms with Crippen molar-refractivity contribution in [2.45, 2.75) is 19.4 Å². The number of halogens is 4. The van der Waals surface area contributed by atoms with Gasteiger partial charge in [0.1, 0.15) is 18.0 Å². The second-order valence-corrected chi connectivity index (χ2v) is 5.31. The van der Waals surface area contributed by atoms with Crippen LogP contribution < -0.4 is 5.32 Å². The molecule has 0 bridgehead atoms. The van der Waals surface area contributed by atoms with Crippen molar-refractivity contribution in [1.29, 1.82) is 0 Å². The molecular weight excluding hydrogens is 297 g/mol. The second-order valence-electron chi connectivity index (χ2n) is 4.61. The first-order chi connectivity index (χ1) is 8.84. The van der Waals surface area contributed by atoms with Crippen LogP contribution >= 0.6 is 23.2 Å². The van der Waals surface area contributed by atoms with Crippen LogP contribution in [0.3, 0.4) is 0 Å². The Kier molecular flexibility index (Phi) is 3.73. The number of nitrogens with one attached hydrogen (secondary N) is 1. The number of hydrogen-bond acceptors (Lipinski definition) is 4. The topological polar surface area (TPSA) is 50.7 Å².